The Bertz CT molecular complexity index is 494. The Balaban J connectivity index is 2.26. The highest BCUT2D eigenvalue weighted by Crippen LogP contribution is 2.43. The number of carbonyl (C=O) groups is 1. The number of carbonyl (C=O) groups excluding carboxylic acids is 1. The van der Waals surface area contributed by atoms with Crippen LogP contribution in [0.4, 0.5) is 5.69 Å². The van der Waals surface area contributed by atoms with E-state index in [0.717, 1.165) is 30.5 Å². The van der Waals surface area contributed by atoms with Gasteiger partial charge in [-0.15, -0.1) is 0 Å². The summed E-state index contributed by atoms with van der Waals surface area (Å²) in [5.41, 5.74) is 7.18. The number of benzene rings is 1. The van der Waals surface area contributed by atoms with Gasteiger partial charge in [-0.3, -0.25) is 4.79 Å². The summed E-state index contributed by atoms with van der Waals surface area (Å²) in [6, 6.07) is 7.87. The van der Waals surface area contributed by atoms with E-state index in [-0.39, 0.29) is 5.91 Å². The first kappa shape index (κ1) is 13.0. The van der Waals surface area contributed by atoms with Gasteiger partial charge in [-0.1, -0.05) is 30.8 Å². The Morgan fingerprint density at radius 3 is 2.56 bits per heavy atom. The maximum Gasteiger partial charge on any atom is 0.239 e. The normalized spacial score (nSPS) is 16.8. The maximum absolute atomic E-state index is 12.6. The number of nitrogens with two attached hydrogens (primary N) is 1. The Labute approximate surface area is 113 Å². The number of aryl methyl sites for hydroxylation is 1. The minimum atomic E-state index is -0.603. The second kappa shape index (κ2) is 4.69. The standard InChI is InChI=1S/C14H18N2OS/c1-10-5-3-6-11(9-10)16(2)13(17)14(12(15)18)7-4-8-14/h3,5-6,9H,4,7-8H2,1-2H3,(H2,15,18). The van der Waals surface area contributed by atoms with Gasteiger partial charge in [0.05, 0.1) is 10.4 Å². The molecule has 96 valence electrons. The fourth-order valence-corrected chi connectivity index (χ4v) is 2.66. The molecule has 1 saturated carbocycles. The number of hydrogen-bond acceptors (Lipinski definition) is 2. The molecule has 0 aliphatic heterocycles. The molecule has 1 aromatic carbocycles. The lowest BCUT2D eigenvalue weighted by molar-refractivity contribution is -0.127. The SMILES string of the molecule is Cc1cccc(N(C)C(=O)C2(C(N)=S)CCC2)c1. The van der Waals surface area contributed by atoms with Crippen LogP contribution in [0.25, 0.3) is 0 Å². The molecule has 0 radical (unpaired) electrons. The average molecular weight is 262 g/mol. The molecule has 0 atom stereocenters. The zero-order valence-electron chi connectivity index (χ0n) is 10.8. The third-order valence-corrected chi connectivity index (χ3v) is 4.17. The van der Waals surface area contributed by atoms with E-state index in [1.54, 1.807) is 11.9 Å². The predicted molar refractivity (Wildman–Crippen MR) is 77.7 cm³/mol. The van der Waals surface area contributed by atoms with Gasteiger partial charge in [-0.25, -0.2) is 0 Å². The van der Waals surface area contributed by atoms with Crippen molar-refractivity contribution in [2.75, 3.05) is 11.9 Å². The van der Waals surface area contributed by atoms with Crippen molar-refractivity contribution in [1.82, 2.24) is 0 Å². The first-order chi connectivity index (χ1) is 8.47. The van der Waals surface area contributed by atoms with Gasteiger partial charge in [0.1, 0.15) is 0 Å². The number of rotatable bonds is 3. The number of hydrogen-bond donors (Lipinski definition) is 1. The summed E-state index contributed by atoms with van der Waals surface area (Å²) in [6.07, 6.45) is 2.57. The van der Waals surface area contributed by atoms with E-state index in [9.17, 15) is 4.79 Å². The fourth-order valence-electron chi connectivity index (χ4n) is 2.37. The van der Waals surface area contributed by atoms with Crippen LogP contribution in [0.15, 0.2) is 24.3 Å². The van der Waals surface area contributed by atoms with Crippen LogP contribution in [0.3, 0.4) is 0 Å². The lowest BCUT2D eigenvalue weighted by Crippen LogP contribution is -2.53. The molecule has 1 aliphatic carbocycles. The zero-order chi connectivity index (χ0) is 13.3. The van der Waals surface area contributed by atoms with Crippen LogP contribution in [0.2, 0.25) is 0 Å². The lowest BCUT2D eigenvalue weighted by atomic mass is 9.67. The number of anilines is 1. The predicted octanol–water partition coefficient (Wildman–Crippen LogP) is 2.41. The summed E-state index contributed by atoms with van der Waals surface area (Å²) in [6.45, 7) is 2.01. The van der Waals surface area contributed by atoms with Crippen LogP contribution in [-0.2, 0) is 4.79 Å². The van der Waals surface area contributed by atoms with Gasteiger partial charge >= 0.3 is 0 Å². The van der Waals surface area contributed by atoms with Gasteiger partial charge in [0, 0.05) is 12.7 Å². The van der Waals surface area contributed by atoms with Crippen molar-refractivity contribution in [3.05, 3.63) is 29.8 Å². The van der Waals surface area contributed by atoms with Gasteiger partial charge < -0.3 is 10.6 Å². The van der Waals surface area contributed by atoms with E-state index < -0.39 is 5.41 Å². The molecule has 3 nitrogen and oxygen atoms in total. The van der Waals surface area contributed by atoms with Gasteiger partial charge in [-0.2, -0.15) is 0 Å². The van der Waals surface area contributed by atoms with E-state index in [1.807, 2.05) is 31.2 Å². The monoisotopic (exact) mass is 262 g/mol. The second-order valence-electron chi connectivity index (χ2n) is 5.00. The largest absolute Gasteiger partial charge is 0.392 e. The molecular formula is C14H18N2OS. The fraction of sp³-hybridized carbons (Fsp3) is 0.429. The molecule has 0 aromatic heterocycles. The van der Waals surface area contributed by atoms with Crippen molar-refractivity contribution in [3.63, 3.8) is 0 Å². The molecular weight excluding hydrogens is 244 g/mol. The molecule has 0 unspecified atom stereocenters. The highest BCUT2D eigenvalue weighted by atomic mass is 32.1. The van der Waals surface area contributed by atoms with Crippen LogP contribution >= 0.6 is 12.2 Å². The molecule has 0 saturated heterocycles. The minimum absolute atomic E-state index is 0.0202. The van der Waals surface area contributed by atoms with E-state index in [2.05, 4.69) is 0 Å². The molecule has 1 amide bonds. The summed E-state index contributed by atoms with van der Waals surface area (Å²) in [4.78, 5) is 14.6. The van der Waals surface area contributed by atoms with Crippen molar-refractivity contribution in [2.24, 2.45) is 11.1 Å². The van der Waals surface area contributed by atoms with E-state index >= 15 is 0 Å². The number of thiocarbonyl (C=S) groups is 1. The van der Waals surface area contributed by atoms with E-state index in [4.69, 9.17) is 18.0 Å². The molecule has 1 fully saturated rings. The minimum Gasteiger partial charge on any atom is -0.392 e. The molecule has 1 aromatic rings. The summed E-state index contributed by atoms with van der Waals surface area (Å²) >= 11 is 5.08. The van der Waals surface area contributed by atoms with Crippen LogP contribution in [-0.4, -0.2) is 17.9 Å². The highest BCUT2D eigenvalue weighted by molar-refractivity contribution is 7.80. The van der Waals surface area contributed by atoms with E-state index in [1.165, 1.54) is 0 Å². The highest BCUT2D eigenvalue weighted by Gasteiger charge is 2.48. The van der Waals surface area contributed by atoms with Crippen molar-refractivity contribution in [2.45, 2.75) is 26.2 Å². The van der Waals surface area contributed by atoms with Gasteiger partial charge in [0.15, 0.2) is 0 Å². The Morgan fingerprint density at radius 2 is 2.11 bits per heavy atom. The van der Waals surface area contributed by atoms with Crippen molar-refractivity contribution >= 4 is 28.8 Å². The smallest absolute Gasteiger partial charge is 0.239 e. The van der Waals surface area contributed by atoms with Crippen LogP contribution in [0.1, 0.15) is 24.8 Å². The first-order valence-corrected chi connectivity index (χ1v) is 6.53. The summed E-state index contributed by atoms with van der Waals surface area (Å²) in [5, 5.41) is 0. The number of nitrogens with zero attached hydrogens (tertiary/aromatic N) is 1. The first-order valence-electron chi connectivity index (χ1n) is 6.12. The van der Waals surface area contributed by atoms with E-state index in [0.29, 0.717) is 4.99 Å². The molecule has 18 heavy (non-hydrogen) atoms. The number of amides is 1. The molecule has 4 heteroatoms. The lowest BCUT2D eigenvalue weighted by Gasteiger charge is -2.41. The molecule has 2 rings (SSSR count). The van der Waals surface area contributed by atoms with Gasteiger partial charge in [-0.05, 0) is 37.5 Å². The van der Waals surface area contributed by atoms with Gasteiger partial charge in [0.25, 0.3) is 0 Å². The summed E-state index contributed by atoms with van der Waals surface area (Å²) < 4.78 is 0. The summed E-state index contributed by atoms with van der Waals surface area (Å²) in [5.74, 6) is 0.0202. The molecule has 0 heterocycles. The van der Waals surface area contributed by atoms with Crippen molar-refractivity contribution in [3.8, 4) is 0 Å². The Kier molecular flexibility index (Phi) is 3.39. The average Bonchev–Trinajstić information content (AvgIpc) is 2.25. The topological polar surface area (TPSA) is 46.3 Å². The van der Waals surface area contributed by atoms with Crippen LogP contribution < -0.4 is 10.6 Å². The van der Waals surface area contributed by atoms with Crippen molar-refractivity contribution < 1.29 is 4.79 Å². The van der Waals surface area contributed by atoms with Gasteiger partial charge in [0.2, 0.25) is 5.91 Å². The third-order valence-electron chi connectivity index (χ3n) is 3.78. The Morgan fingerprint density at radius 1 is 1.44 bits per heavy atom. The summed E-state index contributed by atoms with van der Waals surface area (Å²) in [7, 11) is 1.79. The third kappa shape index (κ3) is 2.01. The molecule has 0 spiro atoms. The maximum atomic E-state index is 12.6. The molecule has 1 aliphatic rings. The van der Waals surface area contributed by atoms with Crippen LogP contribution in [0.5, 0.6) is 0 Å². The molecule has 2 N–H and O–H groups in total. The van der Waals surface area contributed by atoms with Crippen molar-refractivity contribution in [1.29, 1.82) is 0 Å². The zero-order valence-corrected chi connectivity index (χ0v) is 11.6. The second-order valence-corrected chi connectivity index (χ2v) is 5.44. The molecule has 0 bridgehead atoms. The Hall–Kier alpha value is -1.42. The van der Waals surface area contributed by atoms with Crippen LogP contribution in [0, 0.1) is 12.3 Å². The quantitative estimate of drug-likeness (QED) is 0.851.